The number of benzene rings is 3. The zero-order valence-electron chi connectivity index (χ0n) is 16.6. The summed E-state index contributed by atoms with van der Waals surface area (Å²) in [5.41, 5.74) is 3.65. The van der Waals surface area contributed by atoms with Crippen LogP contribution in [-0.2, 0) is 29.5 Å². The van der Waals surface area contributed by atoms with E-state index in [4.69, 9.17) is 11.6 Å². The predicted octanol–water partition coefficient (Wildman–Crippen LogP) is 4.40. The molecule has 0 saturated heterocycles. The normalized spacial score (nSPS) is 14.1. The summed E-state index contributed by atoms with van der Waals surface area (Å²) < 4.78 is 28.3. The van der Waals surface area contributed by atoms with Crippen LogP contribution in [0.3, 0.4) is 0 Å². The topological polar surface area (TPSA) is 86.7 Å². The van der Waals surface area contributed by atoms with E-state index in [-0.39, 0.29) is 10.5 Å². The van der Waals surface area contributed by atoms with Crippen LogP contribution in [0.2, 0.25) is 5.02 Å². The zero-order chi connectivity index (χ0) is 22.0. The van der Waals surface area contributed by atoms with Gasteiger partial charge in [0, 0.05) is 24.7 Å². The lowest BCUT2D eigenvalue weighted by Gasteiger charge is -2.29. The number of anilines is 1. The molecule has 1 aliphatic heterocycles. The Morgan fingerprint density at radius 3 is 2.61 bits per heavy atom. The van der Waals surface area contributed by atoms with Crippen LogP contribution in [0.25, 0.3) is 0 Å². The number of aromatic carboxylic acids is 1. The number of nitrogens with one attached hydrogen (secondary N) is 1. The molecule has 0 radical (unpaired) electrons. The van der Waals surface area contributed by atoms with Gasteiger partial charge < -0.3 is 5.11 Å². The molecule has 0 fully saturated rings. The molecule has 160 valence electrons. The lowest BCUT2D eigenvalue weighted by molar-refractivity contribution is 0.0696. The molecule has 0 saturated carbocycles. The van der Waals surface area contributed by atoms with Crippen molar-refractivity contribution >= 4 is 33.3 Å². The van der Waals surface area contributed by atoms with Gasteiger partial charge in [0.05, 0.1) is 16.1 Å². The summed E-state index contributed by atoms with van der Waals surface area (Å²) in [7, 11) is -3.75. The van der Waals surface area contributed by atoms with Crippen LogP contribution in [0, 0.1) is 0 Å². The van der Waals surface area contributed by atoms with Crippen molar-refractivity contribution in [3.05, 3.63) is 94.0 Å². The second-order valence-corrected chi connectivity index (χ2v) is 9.63. The molecule has 0 aromatic heterocycles. The number of fused-ring (bicyclic) bond motifs is 1. The van der Waals surface area contributed by atoms with Crippen molar-refractivity contribution in [1.29, 1.82) is 0 Å². The van der Waals surface area contributed by atoms with E-state index in [9.17, 15) is 18.3 Å². The Hall–Kier alpha value is -2.87. The number of carboxylic acids is 1. The van der Waals surface area contributed by atoms with Gasteiger partial charge >= 0.3 is 5.97 Å². The minimum Gasteiger partial charge on any atom is -0.478 e. The van der Waals surface area contributed by atoms with E-state index in [2.05, 4.69) is 9.62 Å². The van der Waals surface area contributed by atoms with Crippen LogP contribution in [0.1, 0.15) is 27.0 Å². The van der Waals surface area contributed by atoms with Gasteiger partial charge in [-0.3, -0.25) is 9.62 Å². The monoisotopic (exact) mass is 456 g/mol. The number of halogens is 1. The maximum atomic E-state index is 12.8. The molecule has 3 aromatic rings. The maximum Gasteiger partial charge on any atom is 0.335 e. The molecule has 1 heterocycles. The van der Waals surface area contributed by atoms with Crippen molar-refractivity contribution in [3.8, 4) is 0 Å². The predicted molar refractivity (Wildman–Crippen MR) is 120 cm³/mol. The second kappa shape index (κ2) is 8.70. The molecule has 6 nitrogen and oxygen atoms in total. The summed E-state index contributed by atoms with van der Waals surface area (Å²) in [6.45, 7) is 2.00. The molecule has 3 aromatic carbocycles. The molecule has 0 spiro atoms. The molecular weight excluding hydrogens is 436 g/mol. The Kier molecular flexibility index (Phi) is 6.00. The van der Waals surface area contributed by atoms with Gasteiger partial charge in [-0.1, -0.05) is 35.9 Å². The van der Waals surface area contributed by atoms with Gasteiger partial charge in [-0.25, -0.2) is 13.2 Å². The summed E-state index contributed by atoms with van der Waals surface area (Å²) >= 11 is 5.95. The minimum absolute atomic E-state index is 0.195. The quantitative estimate of drug-likeness (QED) is 0.574. The number of rotatable bonds is 6. The summed E-state index contributed by atoms with van der Waals surface area (Å²) in [5.74, 6) is -0.951. The first-order valence-electron chi connectivity index (χ1n) is 9.75. The molecule has 0 amide bonds. The van der Waals surface area contributed by atoms with Crippen LogP contribution < -0.4 is 4.72 Å². The van der Waals surface area contributed by atoms with Gasteiger partial charge in [-0.2, -0.15) is 0 Å². The molecule has 2 N–H and O–H groups in total. The number of sulfonamides is 1. The summed E-state index contributed by atoms with van der Waals surface area (Å²) in [5, 5.41) is 9.64. The number of hydrogen-bond acceptors (Lipinski definition) is 4. The van der Waals surface area contributed by atoms with E-state index < -0.39 is 16.0 Å². The molecule has 31 heavy (non-hydrogen) atoms. The largest absolute Gasteiger partial charge is 0.478 e. The van der Waals surface area contributed by atoms with E-state index in [1.54, 1.807) is 54.6 Å². The molecule has 0 atom stereocenters. The van der Waals surface area contributed by atoms with Crippen LogP contribution >= 0.6 is 11.6 Å². The Labute approximate surface area is 186 Å². The highest BCUT2D eigenvalue weighted by Crippen LogP contribution is 2.26. The third-order valence-electron chi connectivity index (χ3n) is 5.24. The average molecular weight is 457 g/mol. The van der Waals surface area contributed by atoms with Gasteiger partial charge in [0.15, 0.2) is 0 Å². The van der Waals surface area contributed by atoms with Gasteiger partial charge in [0.25, 0.3) is 10.0 Å². The van der Waals surface area contributed by atoms with Crippen LogP contribution in [-0.4, -0.2) is 30.9 Å². The van der Waals surface area contributed by atoms with Crippen LogP contribution in [0.15, 0.2) is 71.6 Å². The molecule has 4 rings (SSSR count). The van der Waals surface area contributed by atoms with Crippen molar-refractivity contribution in [3.63, 3.8) is 0 Å². The number of carbonyl (C=O) groups is 1. The molecule has 8 heteroatoms. The van der Waals surface area contributed by atoms with E-state index in [0.29, 0.717) is 23.8 Å². The first kappa shape index (κ1) is 21.4. The molecule has 0 bridgehead atoms. The van der Waals surface area contributed by atoms with E-state index >= 15 is 0 Å². The van der Waals surface area contributed by atoms with Crippen molar-refractivity contribution < 1.29 is 18.3 Å². The molecule has 1 aliphatic rings. The third-order valence-corrected chi connectivity index (χ3v) is 6.85. The number of hydrogen-bond donors (Lipinski definition) is 2. The van der Waals surface area contributed by atoms with Crippen LogP contribution in [0.5, 0.6) is 0 Å². The van der Waals surface area contributed by atoms with Gasteiger partial charge in [-0.05, 0) is 65.6 Å². The van der Waals surface area contributed by atoms with Crippen molar-refractivity contribution in [2.75, 3.05) is 11.3 Å². The second-order valence-electron chi connectivity index (χ2n) is 7.51. The van der Waals surface area contributed by atoms with Crippen molar-refractivity contribution in [1.82, 2.24) is 4.90 Å². The molecule has 0 unspecified atom stereocenters. The summed E-state index contributed by atoms with van der Waals surface area (Å²) in [6.07, 6.45) is 0.802. The average Bonchev–Trinajstić information content (AvgIpc) is 2.73. The van der Waals surface area contributed by atoms with Gasteiger partial charge in [0.2, 0.25) is 0 Å². The lowest BCUT2D eigenvalue weighted by atomic mass is 9.99. The zero-order valence-corrected chi connectivity index (χ0v) is 18.2. The van der Waals surface area contributed by atoms with E-state index in [1.807, 2.05) is 12.1 Å². The fourth-order valence-corrected chi connectivity index (χ4v) is 5.01. The summed E-state index contributed by atoms with van der Waals surface area (Å²) in [4.78, 5) is 13.6. The van der Waals surface area contributed by atoms with Gasteiger partial charge in [-0.15, -0.1) is 0 Å². The maximum absolute atomic E-state index is 12.8. The van der Waals surface area contributed by atoms with Gasteiger partial charge in [0.1, 0.15) is 0 Å². The highest BCUT2D eigenvalue weighted by molar-refractivity contribution is 7.92. The fourth-order valence-electron chi connectivity index (χ4n) is 3.72. The number of carboxylic acid groups (broad SMARTS) is 1. The molecular formula is C23H21ClN2O4S. The van der Waals surface area contributed by atoms with E-state index in [1.165, 1.54) is 0 Å². The molecule has 0 aliphatic carbocycles. The lowest BCUT2D eigenvalue weighted by Crippen LogP contribution is -2.30. The standard InChI is InChI=1S/C23H21ClN2O4S/c24-20-5-2-6-21(13-20)25-31(29,30)22-8-7-17-9-10-26(15-19(17)12-22)14-16-3-1-4-18(11-16)23(27)28/h1-8,11-13,25H,9-10,14-15H2,(H,27,28). The Morgan fingerprint density at radius 2 is 1.84 bits per heavy atom. The first-order chi connectivity index (χ1) is 14.8. The SMILES string of the molecule is O=C(O)c1cccc(CN2CCc3ccc(S(=O)(=O)Nc4cccc(Cl)c4)cc3C2)c1. The fraction of sp³-hybridized carbons (Fsp3) is 0.174. The Bertz CT molecular complexity index is 1240. The van der Waals surface area contributed by atoms with Crippen molar-refractivity contribution in [2.45, 2.75) is 24.4 Å². The number of nitrogens with zero attached hydrogens (tertiary/aromatic N) is 1. The van der Waals surface area contributed by atoms with E-state index in [0.717, 1.165) is 29.7 Å². The highest BCUT2D eigenvalue weighted by atomic mass is 35.5. The Balaban J connectivity index is 1.52. The third kappa shape index (κ3) is 5.07. The summed E-state index contributed by atoms with van der Waals surface area (Å²) in [6, 6.07) is 18.7. The van der Waals surface area contributed by atoms with Crippen molar-refractivity contribution in [2.24, 2.45) is 0 Å². The highest BCUT2D eigenvalue weighted by Gasteiger charge is 2.21. The smallest absolute Gasteiger partial charge is 0.335 e. The van der Waals surface area contributed by atoms with Crippen LogP contribution in [0.4, 0.5) is 5.69 Å². The first-order valence-corrected chi connectivity index (χ1v) is 11.6. The Morgan fingerprint density at radius 1 is 1.03 bits per heavy atom. The minimum atomic E-state index is -3.75.